The van der Waals surface area contributed by atoms with E-state index < -0.39 is 5.82 Å². The Bertz CT molecular complexity index is 361. The molecule has 0 N–H and O–H groups in total. The SMILES string of the molecule is COc1cc(C(C)=O)c(OC)cc1F. The molecule has 0 radical (unpaired) electrons. The fourth-order valence-electron chi connectivity index (χ4n) is 1.14. The van der Waals surface area contributed by atoms with Gasteiger partial charge in [-0.05, 0) is 13.0 Å². The molecule has 1 rings (SSSR count). The molecule has 0 unspecified atom stereocenters. The van der Waals surface area contributed by atoms with E-state index in [1.54, 1.807) is 0 Å². The van der Waals surface area contributed by atoms with Crippen molar-refractivity contribution in [1.29, 1.82) is 0 Å². The molecule has 0 aromatic heterocycles. The lowest BCUT2D eigenvalue weighted by molar-refractivity contribution is 0.101. The fraction of sp³-hybridized carbons (Fsp3) is 0.300. The molecular weight excluding hydrogens is 187 g/mol. The molecule has 0 aliphatic heterocycles. The molecule has 0 atom stereocenters. The number of benzene rings is 1. The van der Waals surface area contributed by atoms with Crippen LogP contribution in [0.15, 0.2) is 12.1 Å². The Morgan fingerprint density at radius 2 is 1.79 bits per heavy atom. The number of Topliss-reactive ketones (excluding diaryl/α,β-unsaturated/α-hetero) is 1. The Morgan fingerprint density at radius 3 is 2.21 bits per heavy atom. The maximum atomic E-state index is 13.2. The highest BCUT2D eigenvalue weighted by Crippen LogP contribution is 2.27. The van der Waals surface area contributed by atoms with Crippen LogP contribution < -0.4 is 9.47 Å². The van der Waals surface area contributed by atoms with Crippen LogP contribution in [-0.2, 0) is 0 Å². The van der Waals surface area contributed by atoms with Gasteiger partial charge in [-0.1, -0.05) is 0 Å². The van der Waals surface area contributed by atoms with E-state index in [0.29, 0.717) is 5.56 Å². The summed E-state index contributed by atoms with van der Waals surface area (Å²) in [5.74, 6) is -0.485. The first-order valence-electron chi connectivity index (χ1n) is 4.02. The molecule has 1 aromatic rings. The Hall–Kier alpha value is -1.58. The van der Waals surface area contributed by atoms with Crippen LogP contribution in [0.1, 0.15) is 17.3 Å². The lowest BCUT2D eigenvalue weighted by Gasteiger charge is -2.08. The van der Waals surface area contributed by atoms with Crippen molar-refractivity contribution in [3.05, 3.63) is 23.5 Å². The minimum absolute atomic E-state index is 0.0380. The van der Waals surface area contributed by atoms with E-state index >= 15 is 0 Å². The monoisotopic (exact) mass is 198 g/mol. The van der Waals surface area contributed by atoms with Crippen molar-refractivity contribution in [2.75, 3.05) is 14.2 Å². The van der Waals surface area contributed by atoms with E-state index in [4.69, 9.17) is 9.47 Å². The molecule has 0 saturated carbocycles. The summed E-state index contributed by atoms with van der Waals surface area (Å²) in [4.78, 5) is 11.1. The second-order valence-electron chi connectivity index (χ2n) is 2.74. The number of hydrogen-bond acceptors (Lipinski definition) is 3. The maximum absolute atomic E-state index is 13.2. The minimum Gasteiger partial charge on any atom is -0.496 e. The third-order valence-electron chi connectivity index (χ3n) is 1.85. The van der Waals surface area contributed by atoms with Crippen LogP contribution in [0.25, 0.3) is 0 Å². The predicted octanol–water partition coefficient (Wildman–Crippen LogP) is 2.05. The second-order valence-corrected chi connectivity index (χ2v) is 2.74. The summed E-state index contributed by atoms with van der Waals surface area (Å²) in [6.45, 7) is 1.38. The first-order chi connectivity index (χ1) is 6.60. The number of hydrogen-bond donors (Lipinski definition) is 0. The topological polar surface area (TPSA) is 35.5 Å². The molecule has 0 aliphatic rings. The minimum atomic E-state index is -0.547. The Kier molecular flexibility index (Phi) is 3.06. The lowest BCUT2D eigenvalue weighted by Crippen LogP contribution is -2.00. The first-order valence-corrected chi connectivity index (χ1v) is 4.02. The smallest absolute Gasteiger partial charge is 0.168 e. The number of carbonyl (C=O) groups is 1. The Balaban J connectivity index is 3.32. The lowest BCUT2D eigenvalue weighted by atomic mass is 10.1. The largest absolute Gasteiger partial charge is 0.496 e. The molecule has 0 amide bonds. The van der Waals surface area contributed by atoms with Gasteiger partial charge in [0.15, 0.2) is 17.3 Å². The number of rotatable bonds is 3. The van der Waals surface area contributed by atoms with Crippen LogP contribution in [0.5, 0.6) is 11.5 Å². The molecule has 0 saturated heterocycles. The summed E-state index contributed by atoms with van der Waals surface area (Å²) in [5, 5.41) is 0. The fourth-order valence-corrected chi connectivity index (χ4v) is 1.14. The molecule has 14 heavy (non-hydrogen) atoms. The van der Waals surface area contributed by atoms with Crippen LogP contribution in [0, 0.1) is 5.82 Å². The number of carbonyl (C=O) groups excluding carboxylic acids is 1. The zero-order valence-corrected chi connectivity index (χ0v) is 8.26. The molecule has 3 nitrogen and oxygen atoms in total. The van der Waals surface area contributed by atoms with E-state index in [1.807, 2.05) is 0 Å². The van der Waals surface area contributed by atoms with Gasteiger partial charge >= 0.3 is 0 Å². The van der Waals surface area contributed by atoms with Gasteiger partial charge in [-0.25, -0.2) is 4.39 Å². The van der Waals surface area contributed by atoms with Crippen LogP contribution >= 0.6 is 0 Å². The van der Waals surface area contributed by atoms with Gasteiger partial charge in [0.2, 0.25) is 0 Å². The molecule has 0 heterocycles. The average molecular weight is 198 g/mol. The number of halogens is 1. The molecule has 0 fully saturated rings. The van der Waals surface area contributed by atoms with Gasteiger partial charge in [-0.2, -0.15) is 0 Å². The van der Waals surface area contributed by atoms with Crippen molar-refractivity contribution < 1.29 is 18.7 Å². The molecule has 4 heteroatoms. The molecule has 76 valence electrons. The van der Waals surface area contributed by atoms with E-state index in [1.165, 1.54) is 27.2 Å². The van der Waals surface area contributed by atoms with E-state index in [-0.39, 0.29) is 17.3 Å². The van der Waals surface area contributed by atoms with Crippen molar-refractivity contribution in [3.63, 3.8) is 0 Å². The normalized spacial score (nSPS) is 9.71. The van der Waals surface area contributed by atoms with E-state index in [0.717, 1.165) is 6.07 Å². The first kappa shape index (κ1) is 10.5. The van der Waals surface area contributed by atoms with Crippen LogP contribution in [0.2, 0.25) is 0 Å². The van der Waals surface area contributed by atoms with Gasteiger partial charge in [0.05, 0.1) is 19.8 Å². The summed E-state index contributed by atoms with van der Waals surface area (Å²) >= 11 is 0. The predicted molar refractivity (Wildman–Crippen MR) is 49.5 cm³/mol. The van der Waals surface area contributed by atoms with Crippen LogP contribution in [-0.4, -0.2) is 20.0 Å². The van der Waals surface area contributed by atoms with Crippen molar-refractivity contribution in [3.8, 4) is 11.5 Å². The van der Waals surface area contributed by atoms with E-state index in [2.05, 4.69) is 0 Å². The number of methoxy groups -OCH3 is 2. The molecule has 0 bridgehead atoms. The Labute approximate surface area is 81.4 Å². The van der Waals surface area contributed by atoms with Crippen molar-refractivity contribution in [2.45, 2.75) is 6.92 Å². The zero-order chi connectivity index (χ0) is 10.7. The van der Waals surface area contributed by atoms with Crippen molar-refractivity contribution in [2.24, 2.45) is 0 Å². The standard InChI is InChI=1S/C10H11FO3/c1-6(12)7-4-10(14-3)8(11)5-9(7)13-2/h4-5H,1-3H3. The maximum Gasteiger partial charge on any atom is 0.168 e. The van der Waals surface area contributed by atoms with Crippen molar-refractivity contribution in [1.82, 2.24) is 0 Å². The van der Waals surface area contributed by atoms with Crippen LogP contribution in [0.4, 0.5) is 4.39 Å². The highest BCUT2D eigenvalue weighted by molar-refractivity contribution is 5.97. The van der Waals surface area contributed by atoms with Gasteiger partial charge in [0.25, 0.3) is 0 Å². The number of ether oxygens (including phenoxy) is 2. The quantitative estimate of drug-likeness (QED) is 0.697. The van der Waals surface area contributed by atoms with Crippen LogP contribution in [0.3, 0.4) is 0 Å². The number of ketones is 1. The third kappa shape index (κ3) is 1.84. The summed E-state index contributed by atoms with van der Waals surface area (Å²) in [5.41, 5.74) is 0.311. The zero-order valence-electron chi connectivity index (χ0n) is 8.26. The summed E-state index contributed by atoms with van der Waals surface area (Å²) in [7, 11) is 2.72. The van der Waals surface area contributed by atoms with Gasteiger partial charge in [-0.3, -0.25) is 4.79 Å². The molecule has 0 spiro atoms. The third-order valence-corrected chi connectivity index (χ3v) is 1.85. The summed E-state index contributed by atoms with van der Waals surface area (Å²) < 4.78 is 22.8. The molecular formula is C10H11FO3. The highest BCUT2D eigenvalue weighted by Gasteiger charge is 2.13. The summed E-state index contributed by atoms with van der Waals surface area (Å²) in [6, 6.07) is 2.46. The highest BCUT2D eigenvalue weighted by atomic mass is 19.1. The van der Waals surface area contributed by atoms with Gasteiger partial charge < -0.3 is 9.47 Å². The molecule has 0 aliphatic carbocycles. The van der Waals surface area contributed by atoms with Gasteiger partial charge in [0.1, 0.15) is 5.75 Å². The van der Waals surface area contributed by atoms with Gasteiger partial charge in [-0.15, -0.1) is 0 Å². The molecule has 1 aromatic carbocycles. The van der Waals surface area contributed by atoms with E-state index in [9.17, 15) is 9.18 Å². The summed E-state index contributed by atoms with van der Waals surface area (Å²) in [6.07, 6.45) is 0. The second kappa shape index (κ2) is 4.09. The Morgan fingerprint density at radius 1 is 1.21 bits per heavy atom. The average Bonchev–Trinajstić information content (AvgIpc) is 2.16. The van der Waals surface area contributed by atoms with Crippen molar-refractivity contribution >= 4 is 5.78 Å². The van der Waals surface area contributed by atoms with Gasteiger partial charge in [0, 0.05) is 6.07 Å².